The molecule has 2 rings (SSSR count). The van der Waals surface area contributed by atoms with Gasteiger partial charge in [0.2, 0.25) is 0 Å². The van der Waals surface area contributed by atoms with E-state index >= 15 is 0 Å². The molecule has 1 N–H and O–H groups in total. The number of ether oxygens (including phenoxy) is 1. The molecule has 0 spiro atoms. The average Bonchev–Trinajstić information content (AvgIpc) is 2.54. The predicted octanol–water partition coefficient (Wildman–Crippen LogP) is 2.54. The van der Waals surface area contributed by atoms with Crippen LogP contribution in [-0.2, 0) is 4.74 Å². The molecule has 4 nitrogen and oxygen atoms in total. The highest BCUT2D eigenvalue weighted by molar-refractivity contribution is 5.22. The van der Waals surface area contributed by atoms with Gasteiger partial charge >= 0.3 is 0 Å². The van der Waals surface area contributed by atoms with E-state index in [2.05, 4.69) is 48.1 Å². The quantitative estimate of drug-likeness (QED) is 0.874. The Morgan fingerprint density at radius 3 is 2.57 bits per heavy atom. The van der Waals surface area contributed by atoms with Crippen LogP contribution in [0.3, 0.4) is 0 Å². The third-order valence-electron chi connectivity index (χ3n) is 4.75. The minimum absolute atomic E-state index is 0.0801. The summed E-state index contributed by atoms with van der Waals surface area (Å²) in [6.07, 6.45) is 3.12. The highest BCUT2D eigenvalue weighted by Crippen LogP contribution is 2.34. The molecule has 1 saturated heterocycles. The van der Waals surface area contributed by atoms with Gasteiger partial charge in [-0.3, -0.25) is 9.88 Å². The van der Waals surface area contributed by atoms with Crippen molar-refractivity contribution in [3.63, 3.8) is 0 Å². The molecule has 0 aromatic carbocycles. The number of pyridine rings is 1. The molecule has 2 unspecified atom stereocenters. The van der Waals surface area contributed by atoms with Gasteiger partial charge in [0, 0.05) is 30.5 Å². The van der Waals surface area contributed by atoms with E-state index in [1.807, 2.05) is 13.1 Å². The summed E-state index contributed by atoms with van der Waals surface area (Å²) in [6.45, 7) is 13.5. The minimum Gasteiger partial charge on any atom is -0.379 e. The molecule has 1 fully saturated rings. The van der Waals surface area contributed by atoms with Crippen molar-refractivity contribution in [3.8, 4) is 0 Å². The van der Waals surface area contributed by atoms with Gasteiger partial charge in [0.25, 0.3) is 0 Å². The normalized spacial score (nSPS) is 21.0. The van der Waals surface area contributed by atoms with Crippen LogP contribution in [0.5, 0.6) is 0 Å². The van der Waals surface area contributed by atoms with Crippen LogP contribution in [0.25, 0.3) is 0 Å². The Morgan fingerprint density at radius 1 is 1.33 bits per heavy atom. The monoisotopic (exact) mass is 291 g/mol. The van der Waals surface area contributed by atoms with E-state index in [9.17, 15) is 0 Å². The van der Waals surface area contributed by atoms with Crippen molar-refractivity contribution in [2.45, 2.75) is 45.7 Å². The molecule has 4 heteroatoms. The molecule has 1 aromatic heterocycles. The standard InChI is InChI=1S/C17H29N3O/c1-5-17(4,20-9-11-21-12-10-20)16(18-6-2)15-8-7-14(3)19-13-15/h7-8,13,16,18H,5-6,9-12H2,1-4H3. The molecule has 0 bridgehead atoms. The van der Waals surface area contributed by atoms with Crippen LogP contribution < -0.4 is 5.32 Å². The van der Waals surface area contributed by atoms with Crippen molar-refractivity contribution >= 4 is 0 Å². The molecule has 2 atom stereocenters. The van der Waals surface area contributed by atoms with E-state index in [4.69, 9.17) is 4.74 Å². The van der Waals surface area contributed by atoms with Crippen molar-refractivity contribution in [3.05, 3.63) is 29.6 Å². The first-order valence-corrected chi connectivity index (χ1v) is 8.10. The van der Waals surface area contributed by atoms with Crippen LogP contribution in [-0.4, -0.2) is 48.3 Å². The molecule has 1 aliphatic heterocycles. The van der Waals surface area contributed by atoms with Gasteiger partial charge in [-0.1, -0.05) is 19.9 Å². The minimum atomic E-state index is 0.0801. The number of nitrogens with zero attached hydrogens (tertiary/aromatic N) is 2. The van der Waals surface area contributed by atoms with Crippen molar-refractivity contribution in [2.75, 3.05) is 32.8 Å². The molecule has 0 radical (unpaired) electrons. The third-order valence-corrected chi connectivity index (χ3v) is 4.75. The van der Waals surface area contributed by atoms with Gasteiger partial charge in [-0.15, -0.1) is 0 Å². The van der Waals surface area contributed by atoms with Gasteiger partial charge in [0.15, 0.2) is 0 Å². The molecule has 0 aliphatic carbocycles. The number of likely N-dealkylation sites (N-methyl/N-ethyl adjacent to an activating group) is 1. The van der Waals surface area contributed by atoms with E-state index in [-0.39, 0.29) is 5.54 Å². The maximum atomic E-state index is 5.53. The lowest BCUT2D eigenvalue weighted by atomic mass is 9.83. The largest absolute Gasteiger partial charge is 0.379 e. The fraction of sp³-hybridized carbons (Fsp3) is 0.706. The Hall–Kier alpha value is -0.970. The zero-order valence-corrected chi connectivity index (χ0v) is 13.9. The number of hydrogen-bond donors (Lipinski definition) is 1. The molecule has 1 aliphatic rings. The lowest BCUT2D eigenvalue weighted by Gasteiger charge is -2.48. The maximum Gasteiger partial charge on any atom is 0.0594 e. The van der Waals surface area contributed by atoms with Gasteiger partial charge < -0.3 is 10.1 Å². The van der Waals surface area contributed by atoms with E-state index in [0.717, 1.165) is 45.0 Å². The zero-order valence-electron chi connectivity index (χ0n) is 13.9. The molecule has 21 heavy (non-hydrogen) atoms. The Labute approximate surface area is 128 Å². The van der Waals surface area contributed by atoms with Crippen molar-refractivity contribution in [2.24, 2.45) is 0 Å². The fourth-order valence-corrected chi connectivity index (χ4v) is 3.24. The van der Waals surface area contributed by atoms with Crippen LogP contribution in [0.15, 0.2) is 18.3 Å². The summed E-state index contributed by atoms with van der Waals surface area (Å²) in [6, 6.07) is 4.61. The molecule has 118 valence electrons. The Morgan fingerprint density at radius 2 is 2.05 bits per heavy atom. The van der Waals surface area contributed by atoms with E-state index in [1.165, 1.54) is 5.56 Å². The zero-order chi connectivity index (χ0) is 15.3. The van der Waals surface area contributed by atoms with Crippen LogP contribution in [0.2, 0.25) is 0 Å². The molecule has 1 aromatic rings. The molecular formula is C17H29N3O. The van der Waals surface area contributed by atoms with E-state index in [0.29, 0.717) is 6.04 Å². The summed E-state index contributed by atoms with van der Waals surface area (Å²) in [5.41, 5.74) is 2.42. The van der Waals surface area contributed by atoms with Gasteiger partial charge in [0.05, 0.1) is 19.3 Å². The summed E-state index contributed by atoms with van der Waals surface area (Å²) in [5, 5.41) is 3.68. The van der Waals surface area contributed by atoms with Crippen LogP contribution in [0.4, 0.5) is 0 Å². The lowest BCUT2D eigenvalue weighted by Crippen LogP contribution is -2.57. The smallest absolute Gasteiger partial charge is 0.0594 e. The summed E-state index contributed by atoms with van der Waals surface area (Å²) < 4.78 is 5.53. The fourth-order valence-electron chi connectivity index (χ4n) is 3.24. The topological polar surface area (TPSA) is 37.4 Å². The number of rotatable bonds is 6. The van der Waals surface area contributed by atoms with Crippen molar-refractivity contribution in [1.82, 2.24) is 15.2 Å². The van der Waals surface area contributed by atoms with Crippen molar-refractivity contribution in [1.29, 1.82) is 0 Å². The van der Waals surface area contributed by atoms with Gasteiger partial charge in [0.1, 0.15) is 0 Å². The molecule has 2 heterocycles. The van der Waals surface area contributed by atoms with Gasteiger partial charge in [-0.25, -0.2) is 0 Å². The van der Waals surface area contributed by atoms with Crippen LogP contribution in [0.1, 0.15) is 44.5 Å². The highest BCUT2D eigenvalue weighted by Gasteiger charge is 2.39. The summed E-state index contributed by atoms with van der Waals surface area (Å²) in [7, 11) is 0. The maximum absolute atomic E-state index is 5.53. The third kappa shape index (κ3) is 3.62. The first kappa shape index (κ1) is 16.4. The highest BCUT2D eigenvalue weighted by atomic mass is 16.5. The second kappa shape index (κ2) is 7.34. The second-order valence-electron chi connectivity index (χ2n) is 6.03. The first-order chi connectivity index (χ1) is 10.1. The summed E-state index contributed by atoms with van der Waals surface area (Å²) in [5.74, 6) is 0. The average molecular weight is 291 g/mol. The lowest BCUT2D eigenvalue weighted by molar-refractivity contribution is -0.0327. The molecular weight excluding hydrogens is 262 g/mol. The molecule has 0 saturated carbocycles. The first-order valence-electron chi connectivity index (χ1n) is 8.10. The second-order valence-corrected chi connectivity index (χ2v) is 6.03. The Balaban J connectivity index is 2.30. The van der Waals surface area contributed by atoms with E-state index in [1.54, 1.807) is 0 Å². The summed E-state index contributed by atoms with van der Waals surface area (Å²) >= 11 is 0. The van der Waals surface area contributed by atoms with Crippen molar-refractivity contribution < 1.29 is 4.74 Å². The SMILES string of the molecule is CCNC(c1ccc(C)nc1)C(C)(CC)N1CCOCC1. The number of hydrogen-bond acceptors (Lipinski definition) is 4. The van der Waals surface area contributed by atoms with Gasteiger partial charge in [-0.2, -0.15) is 0 Å². The van der Waals surface area contributed by atoms with Crippen LogP contribution in [0, 0.1) is 6.92 Å². The van der Waals surface area contributed by atoms with Crippen LogP contribution >= 0.6 is 0 Å². The number of nitrogens with one attached hydrogen (secondary N) is 1. The molecule has 0 amide bonds. The predicted molar refractivity (Wildman–Crippen MR) is 86.5 cm³/mol. The Kier molecular flexibility index (Phi) is 5.73. The number of morpholine rings is 1. The van der Waals surface area contributed by atoms with Gasteiger partial charge in [-0.05, 0) is 38.4 Å². The number of aryl methyl sites for hydroxylation is 1. The summed E-state index contributed by atoms with van der Waals surface area (Å²) in [4.78, 5) is 7.07. The Bertz CT molecular complexity index is 428. The van der Waals surface area contributed by atoms with E-state index < -0.39 is 0 Å². The number of aromatic nitrogens is 1.